The van der Waals surface area contributed by atoms with Gasteiger partial charge in [0.15, 0.2) is 5.78 Å². The van der Waals surface area contributed by atoms with E-state index in [9.17, 15) is 15.0 Å². The molecule has 1 aliphatic rings. The normalized spacial score (nSPS) is 16.1. The average Bonchev–Trinajstić information content (AvgIpc) is 3.04. The van der Waals surface area contributed by atoms with Crippen molar-refractivity contribution in [1.82, 2.24) is 4.98 Å². The number of hydrogen-bond donors (Lipinski definition) is 4. The van der Waals surface area contributed by atoms with E-state index in [1.807, 2.05) is 19.9 Å². The zero-order valence-electron chi connectivity index (χ0n) is 15.1. The van der Waals surface area contributed by atoms with Gasteiger partial charge in [-0.25, -0.2) is 0 Å². The van der Waals surface area contributed by atoms with Crippen LogP contribution < -0.4 is 4.74 Å². The van der Waals surface area contributed by atoms with Crippen molar-refractivity contribution < 1.29 is 24.9 Å². The zero-order valence-corrected chi connectivity index (χ0v) is 15.1. The van der Waals surface area contributed by atoms with E-state index >= 15 is 0 Å². The number of aromatic nitrogens is 1. The second kappa shape index (κ2) is 6.11. The van der Waals surface area contributed by atoms with Gasteiger partial charge in [0.2, 0.25) is 0 Å². The van der Waals surface area contributed by atoms with Crippen LogP contribution in [0, 0.1) is 0 Å². The van der Waals surface area contributed by atoms with Gasteiger partial charge in [0.05, 0.1) is 17.7 Å². The molecule has 4 N–H and O–H groups in total. The first-order valence-corrected chi connectivity index (χ1v) is 8.79. The molecule has 6 nitrogen and oxygen atoms in total. The number of benzene rings is 2. The van der Waals surface area contributed by atoms with Crippen molar-refractivity contribution in [1.29, 1.82) is 0 Å². The predicted octanol–water partition coefficient (Wildman–Crippen LogP) is 2.48. The SMILES string of the molecule is CC1(C)c2cc(OC[C@@H](O)CO)ccc2C(=O)c2c1[nH]c1cc(O)ccc21. The Hall–Kier alpha value is -2.83. The van der Waals surface area contributed by atoms with Crippen LogP contribution in [0.5, 0.6) is 11.5 Å². The molecule has 0 amide bonds. The number of aromatic hydroxyl groups is 1. The Morgan fingerprint density at radius 1 is 1.19 bits per heavy atom. The number of aliphatic hydroxyl groups is 2. The van der Waals surface area contributed by atoms with Crippen LogP contribution in [0.2, 0.25) is 0 Å². The fourth-order valence-electron chi connectivity index (χ4n) is 3.73. The van der Waals surface area contributed by atoms with Gasteiger partial charge in [0.1, 0.15) is 24.2 Å². The minimum atomic E-state index is -0.955. The van der Waals surface area contributed by atoms with E-state index in [4.69, 9.17) is 9.84 Å². The molecule has 0 spiro atoms. The van der Waals surface area contributed by atoms with E-state index in [-0.39, 0.29) is 24.7 Å². The van der Waals surface area contributed by atoms with Gasteiger partial charge in [-0.3, -0.25) is 4.79 Å². The van der Waals surface area contributed by atoms with Crippen LogP contribution in [0.3, 0.4) is 0 Å². The molecule has 1 heterocycles. The smallest absolute Gasteiger partial charge is 0.195 e. The van der Waals surface area contributed by atoms with Crippen molar-refractivity contribution in [2.24, 2.45) is 0 Å². The van der Waals surface area contributed by atoms with Crippen LogP contribution in [0.25, 0.3) is 10.9 Å². The van der Waals surface area contributed by atoms with Gasteiger partial charge in [0.25, 0.3) is 0 Å². The molecular formula is C21H21NO5. The summed E-state index contributed by atoms with van der Waals surface area (Å²) in [6.45, 7) is 3.65. The van der Waals surface area contributed by atoms with Gasteiger partial charge in [-0.2, -0.15) is 0 Å². The Morgan fingerprint density at radius 3 is 2.70 bits per heavy atom. The van der Waals surface area contributed by atoms with Gasteiger partial charge >= 0.3 is 0 Å². The second-order valence-corrected chi connectivity index (χ2v) is 7.41. The summed E-state index contributed by atoms with van der Waals surface area (Å²) in [6.07, 6.45) is -0.955. The molecule has 140 valence electrons. The molecule has 4 rings (SSSR count). The number of aliphatic hydroxyl groups excluding tert-OH is 2. The van der Waals surface area contributed by atoms with E-state index < -0.39 is 11.5 Å². The lowest BCUT2D eigenvalue weighted by molar-refractivity contribution is 0.0535. The molecular weight excluding hydrogens is 346 g/mol. The molecule has 1 aliphatic carbocycles. The Kier molecular flexibility index (Phi) is 3.98. The molecule has 3 aromatic rings. The Bertz CT molecular complexity index is 1050. The molecule has 0 aliphatic heterocycles. The molecule has 0 fully saturated rings. The van der Waals surface area contributed by atoms with Crippen LogP contribution in [-0.2, 0) is 5.41 Å². The molecule has 1 aromatic heterocycles. The highest BCUT2D eigenvalue weighted by Gasteiger charge is 2.39. The number of carbonyl (C=O) groups is 1. The monoisotopic (exact) mass is 367 g/mol. The molecule has 1 atom stereocenters. The highest BCUT2D eigenvalue weighted by Crippen LogP contribution is 2.44. The lowest BCUT2D eigenvalue weighted by Gasteiger charge is -2.32. The third kappa shape index (κ3) is 2.69. The van der Waals surface area contributed by atoms with Crippen molar-refractivity contribution >= 4 is 16.7 Å². The van der Waals surface area contributed by atoms with E-state index in [0.29, 0.717) is 16.9 Å². The van der Waals surface area contributed by atoms with Crippen LogP contribution in [0.15, 0.2) is 36.4 Å². The third-order valence-corrected chi connectivity index (χ3v) is 5.20. The van der Waals surface area contributed by atoms with E-state index in [0.717, 1.165) is 22.2 Å². The molecule has 27 heavy (non-hydrogen) atoms. The van der Waals surface area contributed by atoms with Crippen LogP contribution in [0.1, 0.15) is 41.0 Å². The number of ketones is 1. The summed E-state index contributed by atoms with van der Waals surface area (Å²) in [5.41, 5.74) is 3.10. The Labute approximate surface area is 156 Å². The number of phenols is 1. The molecule has 0 bridgehead atoms. The number of carbonyl (C=O) groups excluding carboxylic acids is 1. The number of fused-ring (bicyclic) bond motifs is 4. The lowest BCUT2D eigenvalue weighted by Crippen LogP contribution is -2.30. The van der Waals surface area contributed by atoms with E-state index in [2.05, 4.69) is 4.98 Å². The van der Waals surface area contributed by atoms with Crippen LogP contribution in [-0.4, -0.2) is 45.4 Å². The maximum atomic E-state index is 13.2. The van der Waals surface area contributed by atoms with Crippen molar-refractivity contribution in [2.75, 3.05) is 13.2 Å². The van der Waals surface area contributed by atoms with E-state index in [1.165, 1.54) is 0 Å². The van der Waals surface area contributed by atoms with Gasteiger partial charge < -0.3 is 25.0 Å². The predicted molar refractivity (Wildman–Crippen MR) is 101 cm³/mol. The van der Waals surface area contributed by atoms with Crippen LogP contribution in [0.4, 0.5) is 0 Å². The minimum Gasteiger partial charge on any atom is -0.508 e. The van der Waals surface area contributed by atoms with Crippen molar-refractivity contribution in [3.8, 4) is 11.5 Å². The lowest BCUT2D eigenvalue weighted by atomic mass is 9.71. The molecule has 0 saturated heterocycles. The van der Waals surface area contributed by atoms with Gasteiger partial charge in [0, 0.05) is 28.1 Å². The summed E-state index contributed by atoms with van der Waals surface area (Å²) in [5, 5.41) is 29.0. The largest absolute Gasteiger partial charge is 0.508 e. The van der Waals surface area contributed by atoms with Gasteiger partial charge in [-0.15, -0.1) is 0 Å². The maximum Gasteiger partial charge on any atom is 0.195 e. The standard InChI is InChI=1S/C21H21NO5/c1-21(2)16-8-13(27-10-12(25)9-23)4-6-14(16)19(26)18-15-5-3-11(24)7-17(15)22-20(18)21/h3-8,12,22-25H,9-10H2,1-2H3/t12-/m0/s1. The summed E-state index contributed by atoms with van der Waals surface area (Å²) in [5.74, 6) is 0.597. The average molecular weight is 367 g/mol. The number of ether oxygens (including phenoxy) is 1. The molecule has 0 unspecified atom stereocenters. The molecule has 0 radical (unpaired) electrons. The number of H-pyrrole nitrogens is 1. The topological polar surface area (TPSA) is 103 Å². The summed E-state index contributed by atoms with van der Waals surface area (Å²) in [7, 11) is 0. The number of rotatable bonds is 4. The summed E-state index contributed by atoms with van der Waals surface area (Å²) < 4.78 is 5.55. The zero-order chi connectivity index (χ0) is 19.3. The Balaban J connectivity index is 1.83. The maximum absolute atomic E-state index is 13.2. The van der Waals surface area contributed by atoms with Crippen molar-refractivity contribution in [3.05, 3.63) is 58.8 Å². The number of aromatic amines is 1. The first-order valence-electron chi connectivity index (χ1n) is 8.79. The summed E-state index contributed by atoms with van der Waals surface area (Å²) >= 11 is 0. The number of nitrogens with one attached hydrogen (secondary N) is 1. The molecule has 6 heteroatoms. The van der Waals surface area contributed by atoms with Gasteiger partial charge in [-0.05, 0) is 35.9 Å². The van der Waals surface area contributed by atoms with E-state index in [1.54, 1.807) is 30.3 Å². The Morgan fingerprint density at radius 2 is 1.96 bits per heavy atom. The fourth-order valence-corrected chi connectivity index (χ4v) is 3.73. The van der Waals surface area contributed by atoms with Crippen LogP contribution >= 0.6 is 0 Å². The number of phenolic OH excluding ortho intramolecular Hbond substituents is 1. The quantitative estimate of drug-likeness (QED) is 0.567. The summed E-state index contributed by atoms with van der Waals surface area (Å²) in [4.78, 5) is 16.5. The first-order chi connectivity index (χ1) is 12.8. The van der Waals surface area contributed by atoms with Gasteiger partial charge in [-0.1, -0.05) is 13.8 Å². The molecule has 0 saturated carbocycles. The van der Waals surface area contributed by atoms with Crippen molar-refractivity contribution in [3.63, 3.8) is 0 Å². The number of hydrogen-bond acceptors (Lipinski definition) is 5. The highest BCUT2D eigenvalue weighted by atomic mass is 16.5. The second-order valence-electron chi connectivity index (χ2n) is 7.41. The first kappa shape index (κ1) is 17.6. The summed E-state index contributed by atoms with van der Waals surface area (Å²) in [6, 6.07) is 10.2. The fraction of sp³-hybridized carbons (Fsp3) is 0.286. The van der Waals surface area contributed by atoms with Crippen molar-refractivity contribution in [2.45, 2.75) is 25.4 Å². The molecule has 2 aromatic carbocycles. The third-order valence-electron chi connectivity index (χ3n) is 5.20. The highest BCUT2D eigenvalue weighted by molar-refractivity contribution is 6.20. The minimum absolute atomic E-state index is 0.0272.